The highest BCUT2D eigenvalue weighted by Gasteiger charge is 2.03. The molecule has 0 aliphatic rings. The summed E-state index contributed by atoms with van der Waals surface area (Å²) in [6.07, 6.45) is 2.81. The summed E-state index contributed by atoms with van der Waals surface area (Å²) in [7, 11) is 0. The van der Waals surface area contributed by atoms with Crippen molar-refractivity contribution in [3.8, 4) is 6.07 Å². The second-order valence-electron chi connectivity index (χ2n) is 4.26. The molecule has 3 nitrogen and oxygen atoms in total. The number of ether oxygens (including phenoxy) is 1. The van der Waals surface area contributed by atoms with Gasteiger partial charge in [0, 0.05) is 11.6 Å². The van der Waals surface area contributed by atoms with Crippen LogP contribution in [0.2, 0.25) is 0 Å². The zero-order valence-electron chi connectivity index (χ0n) is 11.1. The average molecular weight is 281 g/mol. The molecule has 0 aliphatic carbocycles. The van der Waals surface area contributed by atoms with Gasteiger partial charge in [-0.1, -0.05) is 30.3 Å². The minimum atomic E-state index is -0.521. The van der Waals surface area contributed by atoms with Crippen LogP contribution in [0.3, 0.4) is 0 Å². The number of rotatable bonds is 4. The largest absolute Gasteiger partial charge is 0.458 e. The Kier molecular flexibility index (Phi) is 4.84. The summed E-state index contributed by atoms with van der Waals surface area (Å²) in [5.41, 5.74) is 1.84. The number of hydrogen-bond acceptors (Lipinski definition) is 3. The summed E-state index contributed by atoms with van der Waals surface area (Å²) in [5, 5.41) is 8.92. The molecule has 0 radical (unpaired) electrons. The van der Waals surface area contributed by atoms with Gasteiger partial charge in [-0.2, -0.15) is 5.26 Å². The Morgan fingerprint density at radius 3 is 2.62 bits per heavy atom. The zero-order chi connectivity index (χ0) is 15.1. The lowest BCUT2D eigenvalue weighted by Gasteiger charge is -2.03. The van der Waals surface area contributed by atoms with Crippen LogP contribution >= 0.6 is 0 Å². The van der Waals surface area contributed by atoms with Gasteiger partial charge in [-0.3, -0.25) is 0 Å². The maximum Gasteiger partial charge on any atom is 0.331 e. The smallest absolute Gasteiger partial charge is 0.331 e. The average Bonchev–Trinajstić information content (AvgIpc) is 2.52. The van der Waals surface area contributed by atoms with Crippen LogP contribution in [0.5, 0.6) is 0 Å². The SMILES string of the molecule is N#Cc1ccccc1COC(=O)C=Cc1ccc(F)cc1. The summed E-state index contributed by atoms with van der Waals surface area (Å²) in [4.78, 5) is 11.6. The highest BCUT2D eigenvalue weighted by Crippen LogP contribution is 2.09. The molecule has 21 heavy (non-hydrogen) atoms. The molecule has 4 heteroatoms. The summed E-state index contributed by atoms with van der Waals surface area (Å²) >= 11 is 0. The molecular formula is C17H12FNO2. The van der Waals surface area contributed by atoms with Crippen molar-refractivity contribution in [2.24, 2.45) is 0 Å². The second kappa shape index (κ2) is 7.01. The third kappa shape index (κ3) is 4.29. The number of hydrogen-bond donors (Lipinski definition) is 0. The van der Waals surface area contributed by atoms with Gasteiger partial charge < -0.3 is 4.74 Å². The molecule has 104 valence electrons. The van der Waals surface area contributed by atoms with Gasteiger partial charge >= 0.3 is 5.97 Å². The molecule has 0 saturated heterocycles. The van der Waals surface area contributed by atoms with Crippen LogP contribution in [0, 0.1) is 17.1 Å². The summed E-state index contributed by atoms with van der Waals surface area (Å²) < 4.78 is 17.8. The number of benzene rings is 2. The summed E-state index contributed by atoms with van der Waals surface area (Å²) in [6, 6.07) is 14.7. The Hall–Kier alpha value is -2.93. The summed E-state index contributed by atoms with van der Waals surface area (Å²) in [5.74, 6) is -0.852. The lowest BCUT2D eigenvalue weighted by Crippen LogP contribution is -2.02. The molecule has 2 aromatic carbocycles. The van der Waals surface area contributed by atoms with Crippen LogP contribution in [-0.4, -0.2) is 5.97 Å². The fourth-order valence-corrected chi connectivity index (χ4v) is 1.69. The third-order valence-electron chi connectivity index (χ3n) is 2.79. The number of nitriles is 1. The Labute approximate surface area is 121 Å². The first kappa shape index (κ1) is 14.5. The van der Waals surface area contributed by atoms with Crippen LogP contribution in [0.1, 0.15) is 16.7 Å². The number of esters is 1. The molecule has 0 spiro atoms. The number of halogens is 1. The van der Waals surface area contributed by atoms with E-state index >= 15 is 0 Å². The monoisotopic (exact) mass is 281 g/mol. The van der Waals surface area contributed by atoms with Gasteiger partial charge in [-0.25, -0.2) is 9.18 Å². The maximum atomic E-state index is 12.7. The second-order valence-corrected chi connectivity index (χ2v) is 4.26. The van der Waals surface area contributed by atoms with E-state index in [1.165, 1.54) is 24.3 Å². The van der Waals surface area contributed by atoms with Crippen molar-refractivity contribution in [2.45, 2.75) is 6.61 Å². The van der Waals surface area contributed by atoms with Crippen molar-refractivity contribution in [3.63, 3.8) is 0 Å². The van der Waals surface area contributed by atoms with Gasteiger partial charge in [-0.15, -0.1) is 0 Å². The number of carbonyl (C=O) groups is 1. The molecule has 0 N–H and O–H groups in total. The standard InChI is InChI=1S/C17H12FNO2/c18-16-8-5-13(6-9-16)7-10-17(20)21-12-15-4-2-1-3-14(15)11-19/h1-10H,12H2. The minimum absolute atomic E-state index is 0.0380. The van der Waals surface area contributed by atoms with Crippen LogP contribution in [0.15, 0.2) is 54.6 Å². The first-order valence-corrected chi connectivity index (χ1v) is 6.27. The first-order valence-electron chi connectivity index (χ1n) is 6.27. The van der Waals surface area contributed by atoms with Crippen molar-refractivity contribution in [1.82, 2.24) is 0 Å². The van der Waals surface area contributed by atoms with Crippen LogP contribution in [0.4, 0.5) is 4.39 Å². The van der Waals surface area contributed by atoms with E-state index in [4.69, 9.17) is 10.00 Å². The molecule has 0 aromatic heterocycles. The van der Waals surface area contributed by atoms with E-state index in [2.05, 4.69) is 0 Å². The normalized spacial score (nSPS) is 10.3. The highest BCUT2D eigenvalue weighted by molar-refractivity contribution is 5.87. The van der Waals surface area contributed by atoms with Crippen LogP contribution in [0.25, 0.3) is 6.08 Å². The molecule has 0 bridgehead atoms. The Morgan fingerprint density at radius 1 is 1.19 bits per heavy atom. The molecule has 0 fully saturated rings. The topological polar surface area (TPSA) is 50.1 Å². The van der Waals surface area contributed by atoms with Gasteiger partial charge in [0.15, 0.2) is 0 Å². The van der Waals surface area contributed by atoms with Gasteiger partial charge in [0.2, 0.25) is 0 Å². The Balaban J connectivity index is 1.93. The van der Waals surface area contributed by atoms with E-state index < -0.39 is 5.97 Å². The van der Waals surface area contributed by atoms with E-state index in [1.54, 1.807) is 36.4 Å². The fraction of sp³-hybridized carbons (Fsp3) is 0.0588. The number of nitrogens with zero attached hydrogens (tertiary/aromatic N) is 1. The van der Waals surface area contributed by atoms with E-state index in [-0.39, 0.29) is 12.4 Å². The third-order valence-corrected chi connectivity index (χ3v) is 2.79. The Bertz CT molecular complexity index is 699. The predicted octanol–water partition coefficient (Wildman–Crippen LogP) is 3.45. The molecule has 0 unspecified atom stereocenters. The predicted molar refractivity (Wildman–Crippen MR) is 76.4 cm³/mol. The fourth-order valence-electron chi connectivity index (χ4n) is 1.69. The van der Waals surface area contributed by atoms with E-state index in [0.717, 1.165) is 0 Å². The van der Waals surface area contributed by atoms with Gasteiger partial charge in [0.05, 0.1) is 11.6 Å². The molecule has 0 atom stereocenters. The van der Waals surface area contributed by atoms with Crippen molar-refractivity contribution in [2.75, 3.05) is 0 Å². The quantitative estimate of drug-likeness (QED) is 0.637. The van der Waals surface area contributed by atoms with Crippen molar-refractivity contribution in [3.05, 3.63) is 77.1 Å². The first-order chi connectivity index (χ1) is 10.2. The van der Waals surface area contributed by atoms with E-state index in [0.29, 0.717) is 16.7 Å². The van der Waals surface area contributed by atoms with E-state index in [9.17, 15) is 9.18 Å². The van der Waals surface area contributed by atoms with Crippen molar-refractivity contribution >= 4 is 12.0 Å². The molecule has 0 heterocycles. The molecule has 0 saturated carbocycles. The lowest BCUT2D eigenvalue weighted by molar-refractivity contribution is -0.138. The van der Waals surface area contributed by atoms with E-state index in [1.807, 2.05) is 6.07 Å². The van der Waals surface area contributed by atoms with Crippen molar-refractivity contribution < 1.29 is 13.9 Å². The van der Waals surface area contributed by atoms with Gasteiger partial charge in [0.25, 0.3) is 0 Å². The minimum Gasteiger partial charge on any atom is -0.458 e. The van der Waals surface area contributed by atoms with Crippen molar-refractivity contribution in [1.29, 1.82) is 5.26 Å². The highest BCUT2D eigenvalue weighted by atomic mass is 19.1. The van der Waals surface area contributed by atoms with Gasteiger partial charge in [-0.05, 0) is 29.8 Å². The Morgan fingerprint density at radius 2 is 1.90 bits per heavy atom. The number of carbonyl (C=O) groups excluding carboxylic acids is 1. The lowest BCUT2D eigenvalue weighted by atomic mass is 10.1. The maximum absolute atomic E-state index is 12.7. The molecule has 2 rings (SSSR count). The van der Waals surface area contributed by atoms with Crippen LogP contribution < -0.4 is 0 Å². The molecular weight excluding hydrogens is 269 g/mol. The molecule has 0 aliphatic heterocycles. The van der Waals surface area contributed by atoms with Crippen LogP contribution in [-0.2, 0) is 16.1 Å². The molecule has 0 amide bonds. The summed E-state index contributed by atoms with van der Waals surface area (Å²) in [6.45, 7) is 0.0380. The molecule has 2 aromatic rings. The zero-order valence-corrected chi connectivity index (χ0v) is 11.1. The van der Waals surface area contributed by atoms with Gasteiger partial charge in [0.1, 0.15) is 12.4 Å².